The summed E-state index contributed by atoms with van der Waals surface area (Å²) in [4.78, 5) is 0. The molecule has 0 fully saturated rings. The van der Waals surface area contributed by atoms with Crippen molar-refractivity contribution in [3.63, 3.8) is 0 Å². The molecule has 98 valence electrons. The van der Waals surface area contributed by atoms with Crippen LogP contribution in [0.2, 0.25) is 0 Å². The molecule has 0 bridgehead atoms. The van der Waals surface area contributed by atoms with Gasteiger partial charge in [0.2, 0.25) is 0 Å². The van der Waals surface area contributed by atoms with Crippen LogP contribution >= 0.6 is 15.9 Å². The van der Waals surface area contributed by atoms with Crippen LogP contribution in [0.5, 0.6) is 0 Å². The Balaban J connectivity index is 2.06. The monoisotopic (exact) mass is 325 g/mol. The van der Waals surface area contributed by atoms with Crippen LogP contribution in [0, 0.1) is 0 Å². The molecule has 0 aliphatic carbocycles. The highest BCUT2D eigenvalue weighted by molar-refractivity contribution is 9.10. The molecule has 0 spiro atoms. The Morgan fingerprint density at radius 1 is 0.800 bits per heavy atom. The fraction of sp³-hybridized carbons (Fsp3) is 0. The van der Waals surface area contributed by atoms with Crippen molar-refractivity contribution in [2.24, 2.45) is 10.2 Å². The van der Waals surface area contributed by atoms with Crippen LogP contribution in [-0.4, -0.2) is 0 Å². The molecule has 3 rings (SSSR count). The van der Waals surface area contributed by atoms with Gasteiger partial charge in [-0.25, -0.2) is 0 Å². The third-order valence-corrected chi connectivity index (χ3v) is 3.55. The Hall–Kier alpha value is -2.20. The molecule has 3 aromatic rings. The summed E-state index contributed by atoms with van der Waals surface area (Å²) in [5, 5.41) is 10.7. The molecule has 20 heavy (non-hydrogen) atoms. The van der Waals surface area contributed by atoms with Crippen molar-refractivity contribution in [1.82, 2.24) is 0 Å². The van der Waals surface area contributed by atoms with Crippen LogP contribution in [0.1, 0.15) is 0 Å². The third-order valence-electron chi connectivity index (χ3n) is 3.02. The molecule has 4 heteroatoms. The molecule has 0 radical (unpaired) electrons. The van der Waals surface area contributed by atoms with Gasteiger partial charge in [-0.15, -0.1) is 5.11 Å². The van der Waals surface area contributed by atoms with Crippen LogP contribution in [0.15, 0.2) is 75.4 Å². The molecule has 2 N–H and O–H groups in total. The SMILES string of the molecule is Nc1ccc2ccccc2c1N=Nc1ccc(Br)cc1. The van der Waals surface area contributed by atoms with Crippen LogP contribution in [-0.2, 0) is 0 Å². The molecule has 0 aromatic heterocycles. The quantitative estimate of drug-likeness (QED) is 0.483. The normalized spacial score (nSPS) is 11.2. The predicted molar refractivity (Wildman–Crippen MR) is 86.7 cm³/mol. The first-order valence-electron chi connectivity index (χ1n) is 6.18. The average molecular weight is 326 g/mol. The fourth-order valence-corrected chi connectivity index (χ4v) is 2.26. The molecule has 0 heterocycles. The summed E-state index contributed by atoms with van der Waals surface area (Å²) >= 11 is 3.39. The van der Waals surface area contributed by atoms with E-state index < -0.39 is 0 Å². The molecular weight excluding hydrogens is 314 g/mol. The largest absolute Gasteiger partial charge is 0.397 e. The average Bonchev–Trinajstić information content (AvgIpc) is 2.48. The third kappa shape index (κ3) is 2.56. The highest BCUT2D eigenvalue weighted by Gasteiger charge is 2.04. The lowest BCUT2D eigenvalue weighted by Crippen LogP contribution is -1.85. The number of nitrogen functional groups attached to an aromatic ring is 1. The Labute approximate surface area is 125 Å². The van der Waals surface area contributed by atoms with E-state index >= 15 is 0 Å². The minimum atomic E-state index is 0.629. The summed E-state index contributed by atoms with van der Waals surface area (Å²) in [7, 11) is 0. The lowest BCUT2D eigenvalue weighted by molar-refractivity contribution is 1.24. The van der Waals surface area contributed by atoms with Crippen LogP contribution in [0.25, 0.3) is 10.8 Å². The van der Waals surface area contributed by atoms with Gasteiger partial charge in [0.05, 0.1) is 11.4 Å². The molecule has 0 unspecified atom stereocenters. The molecule has 3 aromatic carbocycles. The van der Waals surface area contributed by atoms with Gasteiger partial charge in [0, 0.05) is 9.86 Å². The van der Waals surface area contributed by atoms with Crippen LogP contribution in [0.3, 0.4) is 0 Å². The van der Waals surface area contributed by atoms with Gasteiger partial charge in [0.25, 0.3) is 0 Å². The Morgan fingerprint density at radius 3 is 2.35 bits per heavy atom. The van der Waals surface area contributed by atoms with Gasteiger partial charge in [-0.05, 0) is 35.7 Å². The number of fused-ring (bicyclic) bond motifs is 1. The molecule has 0 aliphatic heterocycles. The number of halogens is 1. The Bertz CT molecular complexity index is 779. The summed E-state index contributed by atoms with van der Waals surface area (Å²) in [6.07, 6.45) is 0. The van der Waals surface area contributed by atoms with Gasteiger partial charge in [-0.3, -0.25) is 0 Å². The lowest BCUT2D eigenvalue weighted by atomic mass is 10.1. The van der Waals surface area contributed by atoms with E-state index in [2.05, 4.69) is 26.2 Å². The Kier molecular flexibility index (Phi) is 3.48. The predicted octanol–water partition coefficient (Wildman–Crippen LogP) is 5.60. The maximum Gasteiger partial charge on any atom is 0.116 e. The van der Waals surface area contributed by atoms with E-state index in [1.54, 1.807) is 0 Å². The summed E-state index contributed by atoms with van der Waals surface area (Å²) in [6, 6.07) is 19.5. The highest BCUT2D eigenvalue weighted by Crippen LogP contribution is 2.33. The van der Waals surface area contributed by atoms with Gasteiger partial charge < -0.3 is 5.73 Å². The van der Waals surface area contributed by atoms with Crippen molar-refractivity contribution in [2.45, 2.75) is 0 Å². The van der Waals surface area contributed by atoms with E-state index in [0.29, 0.717) is 11.4 Å². The highest BCUT2D eigenvalue weighted by atomic mass is 79.9. The second-order valence-electron chi connectivity index (χ2n) is 4.40. The van der Waals surface area contributed by atoms with Gasteiger partial charge >= 0.3 is 0 Å². The second kappa shape index (κ2) is 5.43. The maximum absolute atomic E-state index is 6.01. The number of azo groups is 1. The number of benzene rings is 3. The summed E-state index contributed by atoms with van der Waals surface area (Å²) in [5.41, 5.74) is 8.15. The van der Waals surface area contributed by atoms with E-state index in [1.807, 2.05) is 60.7 Å². The van der Waals surface area contributed by atoms with Crippen molar-refractivity contribution in [3.8, 4) is 0 Å². The summed E-state index contributed by atoms with van der Waals surface area (Å²) < 4.78 is 1.01. The molecule has 0 amide bonds. The summed E-state index contributed by atoms with van der Waals surface area (Å²) in [5.74, 6) is 0. The van der Waals surface area contributed by atoms with Gasteiger partial charge in [0.15, 0.2) is 0 Å². The fourth-order valence-electron chi connectivity index (χ4n) is 2.00. The van der Waals surface area contributed by atoms with E-state index in [9.17, 15) is 0 Å². The smallest absolute Gasteiger partial charge is 0.116 e. The van der Waals surface area contributed by atoms with Gasteiger partial charge in [0.1, 0.15) is 5.69 Å². The van der Waals surface area contributed by atoms with E-state index in [1.165, 1.54) is 0 Å². The summed E-state index contributed by atoms with van der Waals surface area (Å²) in [6.45, 7) is 0. The number of nitrogens with zero attached hydrogens (tertiary/aromatic N) is 2. The number of hydrogen-bond donors (Lipinski definition) is 1. The van der Waals surface area contributed by atoms with Gasteiger partial charge in [-0.2, -0.15) is 5.11 Å². The van der Waals surface area contributed by atoms with Crippen molar-refractivity contribution >= 4 is 43.8 Å². The topological polar surface area (TPSA) is 50.7 Å². The zero-order valence-corrected chi connectivity index (χ0v) is 12.2. The van der Waals surface area contributed by atoms with Crippen LogP contribution < -0.4 is 5.73 Å². The second-order valence-corrected chi connectivity index (χ2v) is 5.32. The van der Waals surface area contributed by atoms with E-state index in [0.717, 1.165) is 20.9 Å². The van der Waals surface area contributed by atoms with E-state index in [4.69, 9.17) is 5.73 Å². The molecule has 0 atom stereocenters. The molecule has 0 saturated heterocycles. The zero-order valence-electron chi connectivity index (χ0n) is 10.6. The number of nitrogens with two attached hydrogens (primary N) is 1. The van der Waals surface area contributed by atoms with Crippen molar-refractivity contribution in [2.75, 3.05) is 5.73 Å². The first-order valence-corrected chi connectivity index (χ1v) is 6.98. The standard InChI is InChI=1S/C16H12BrN3/c17-12-6-8-13(9-7-12)19-20-16-14-4-2-1-3-11(14)5-10-15(16)18/h1-10H,18H2. The first kappa shape index (κ1) is 12.8. The van der Waals surface area contributed by atoms with Crippen molar-refractivity contribution in [3.05, 3.63) is 65.1 Å². The van der Waals surface area contributed by atoms with Crippen molar-refractivity contribution < 1.29 is 0 Å². The molecular formula is C16H12BrN3. The maximum atomic E-state index is 6.01. The van der Waals surface area contributed by atoms with Gasteiger partial charge in [-0.1, -0.05) is 46.3 Å². The Morgan fingerprint density at radius 2 is 1.55 bits per heavy atom. The lowest BCUT2D eigenvalue weighted by Gasteiger charge is -2.04. The minimum absolute atomic E-state index is 0.629. The minimum Gasteiger partial charge on any atom is -0.397 e. The molecule has 3 nitrogen and oxygen atoms in total. The molecule has 0 aliphatic rings. The van der Waals surface area contributed by atoms with Crippen LogP contribution in [0.4, 0.5) is 17.1 Å². The van der Waals surface area contributed by atoms with Crippen molar-refractivity contribution in [1.29, 1.82) is 0 Å². The number of anilines is 1. The van der Waals surface area contributed by atoms with E-state index in [-0.39, 0.29) is 0 Å². The first-order chi connectivity index (χ1) is 9.74. The zero-order chi connectivity index (χ0) is 13.9. The number of hydrogen-bond acceptors (Lipinski definition) is 3. The molecule has 0 saturated carbocycles. The number of rotatable bonds is 2.